The van der Waals surface area contributed by atoms with Crippen molar-refractivity contribution in [3.05, 3.63) is 151 Å². The van der Waals surface area contributed by atoms with E-state index in [1.807, 2.05) is 109 Å². The molecule has 4 nitrogen and oxygen atoms in total. The van der Waals surface area contributed by atoms with Crippen LogP contribution in [0.3, 0.4) is 0 Å². The lowest BCUT2D eigenvalue weighted by Gasteiger charge is -2.30. The molecule has 0 amide bonds. The van der Waals surface area contributed by atoms with E-state index in [0.717, 1.165) is 33.4 Å². The zero-order valence-electron chi connectivity index (χ0n) is 22.5. The zero-order chi connectivity index (χ0) is 28.2. The minimum absolute atomic E-state index is 0.304. The molecule has 0 fully saturated rings. The summed E-state index contributed by atoms with van der Waals surface area (Å²) in [5.41, 5.74) is 5.87. The maximum atomic E-state index is 15.1. The lowest BCUT2D eigenvalue weighted by Crippen LogP contribution is -2.26. The van der Waals surface area contributed by atoms with Crippen LogP contribution < -0.4 is 24.6 Å². The van der Waals surface area contributed by atoms with Crippen LogP contribution in [0.25, 0.3) is 23.3 Å². The molecule has 1 aliphatic rings. The molecule has 6 rings (SSSR count). The van der Waals surface area contributed by atoms with E-state index in [4.69, 9.17) is 14.0 Å². The molecule has 5 aromatic carbocycles. The summed E-state index contributed by atoms with van der Waals surface area (Å²) in [5, 5.41) is 1.10. The first kappa shape index (κ1) is 26.4. The normalized spacial score (nSPS) is 15.1. The number of hydrogen-bond acceptors (Lipinski definition) is 4. The van der Waals surface area contributed by atoms with Crippen molar-refractivity contribution < 1.29 is 18.6 Å². The standard InChI is InChI=1S/C36H29O4P/c1-3-26-13-17-28(18-14-26)24-38-30-21-22-34(39-25-29-19-15-27(4-2)16-20-29)36(23-30)41(37)35-12-8-6-10-32(35)31-9-5-7-11-33(31)40-41/h3-23H,1-2,24-25H2. The molecule has 1 atom stereocenters. The first-order valence-electron chi connectivity index (χ1n) is 13.4. The number of hydrogen-bond donors (Lipinski definition) is 0. The van der Waals surface area contributed by atoms with E-state index in [0.29, 0.717) is 41.1 Å². The average molecular weight is 557 g/mol. The Kier molecular flexibility index (Phi) is 7.33. The fourth-order valence-corrected chi connectivity index (χ4v) is 7.27. The Morgan fingerprint density at radius 2 is 1.22 bits per heavy atom. The lowest BCUT2D eigenvalue weighted by molar-refractivity contribution is 0.299. The quantitative estimate of drug-likeness (QED) is 0.171. The molecule has 5 aromatic rings. The zero-order valence-corrected chi connectivity index (χ0v) is 23.4. The summed E-state index contributed by atoms with van der Waals surface area (Å²) < 4.78 is 33.9. The van der Waals surface area contributed by atoms with Gasteiger partial charge >= 0.3 is 7.37 Å². The van der Waals surface area contributed by atoms with Crippen molar-refractivity contribution in [1.82, 2.24) is 0 Å². The Labute approximate surface area is 240 Å². The van der Waals surface area contributed by atoms with Gasteiger partial charge in [-0.15, -0.1) is 0 Å². The molecule has 0 saturated heterocycles. The van der Waals surface area contributed by atoms with Crippen molar-refractivity contribution in [3.8, 4) is 28.4 Å². The van der Waals surface area contributed by atoms with Gasteiger partial charge in [-0.25, -0.2) is 0 Å². The molecule has 202 valence electrons. The van der Waals surface area contributed by atoms with Gasteiger partial charge in [-0.1, -0.05) is 110 Å². The molecular formula is C36H29O4P. The van der Waals surface area contributed by atoms with Gasteiger partial charge < -0.3 is 14.0 Å². The van der Waals surface area contributed by atoms with Crippen LogP contribution in [0.4, 0.5) is 0 Å². The van der Waals surface area contributed by atoms with E-state index < -0.39 is 7.37 Å². The molecule has 5 heteroatoms. The fraction of sp³-hybridized carbons (Fsp3) is 0.0556. The number of benzene rings is 5. The van der Waals surface area contributed by atoms with Crippen molar-refractivity contribution >= 4 is 30.1 Å². The largest absolute Gasteiger partial charge is 0.489 e. The number of fused-ring (bicyclic) bond motifs is 3. The van der Waals surface area contributed by atoms with Gasteiger partial charge in [0.1, 0.15) is 30.5 Å². The fourth-order valence-electron chi connectivity index (χ4n) is 4.86. The van der Waals surface area contributed by atoms with Gasteiger partial charge in [-0.2, -0.15) is 0 Å². The molecule has 0 aromatic heterocycles. The van der Waals surface area contributed by atoms with Gasteiger partial charge in [0.15, 0.2) is 0 Å². The molecule has 41 heavy (non-hydrogen) atoms. The molecule has 1 aliphatic heterocycles. The average Bonchev–Trinajstić information content (AvgIpc) is 3.03. The summed E-state index contributed by atoms with van der Waals surface area (Å²) in [6, 6.07) is 36.8. The van der Waals surface area contributed by atoms with E-state index in [1.165, 1.54) is 0 Å². The summed E-state index contributed by atoms with van der Waals surface area (Å²) in [4.78, 5) is 0. The number of rotatable bonds is 9. The summed E-state index contributed by atoms with van der Waals surface area (Å²) in [6.45, 7) is 8.29. The van der Waals surface area contributed by atoms with E-state index in [9.17, 15) is 0 Å². The Morgan fingerprint density at radius 1 is 0.634 bits per heavy atom. The molecule has 1 unspecified atom stereocenters. The highest BCUT2D eigenvalue weighted by atomic mass is 31.2. The summed E-state index contributed by atoms with van der Waals surface area (Å²) in [6.07, 6.45) is 3.61. The number of ether oxygens (including phenoxy) is 2. The van der Waals surface area contributed by atoms with E-state index in [1.54, 1.807) is 18.2 Å². The first-order valence-corrected chi connectivity index (χ1v) is 15.0. The maximum Gasteiger partial charge on any atom is 0.311 e. The van der Waals surface area contributed by atoms with Gasteiger partial charge in [0.05, 0.1) is 10.6 Å². The third-order valence-corrected chi connectivity index (χ3v) is 9.57. The highest BCUT2D eigenvalue weighted by Crippen LogP contribution is 2.55. The van der Waals surface area contributed by atoms with Crippen molar-refractivity contribution in [2.45, 2.75) is 13.2 Å². The molecule has 0 bridgehead atoms. The van der Waals surface area contributed by atoms with Crippen LogP contribution in [0.15, 0.2) is 128 Å². The van der Waals surface area contributed by atoms with Gasteiger partial charge in [-0.05, 0) is 58.1 Å². The van der Waals surface area contributed by atoms with Crippen molar-refractivity contribution in [2.75, 3.05) is 0 Å². The summed E-state index contributed by atoms with van der Waals surface area (Å²) in [5.74, 6) is 1.64. The number of para-hydroxylation sites is 1. The van der Waals surface area contributed by atoms with Crippen LogP contribution in [0, 0.1) is 0 Å². The Balaban J connectivity index is 1.38. The van der Waals surface area contributed by atoms with Crippen LogP contribution in [0.1, 0.15) is 22.3 Å². The Bertz CT molecular complexity index is 1770. The van der Waals surface area contributed by atoms with Gasteiger partial charge in [0.2, 0.25) is 0 Å². The van der Waals surface area contributed by atoms with Gasteiger partial charge in [0, 0.05) is 5.56 Å². The second-order valence-electron chi connectivity index (χ2n) is 9.75. The second-order valence-corrected chi connectivity index (χ2v) is 12.0. The predicted molar refractivity (Wildman–Crippen MR) is 168 cm³/mol. The minimum Gasteiger partial charge on any atom is -0.489 e. The van der Waals surface area contributed by atoms with Crippen molar-refractivity contribution in [2.24, 2.45) is 0 Å². The summed E-state index contributed by atoms with van der Waals surface area (Å²) in [7, 11) is -3.62. The Hall–Kier alpha value is -4.79. The highest BCUT2D eigenvalue weighted by molar-refractivity contribution is 7.75. The monoisotopic (exact) mass is 556 g/mol. The van der Waals surface area contributed by atoms with Gasteiger partial charge in [0.25, 0.3) is 0 Å². The van der Waals surface area contributed by atoms with E-state index in [-0.39, 0.29) is 0 Å². The van der Waals surface area contributed by atoms with E-state index >= 15 is 4.57 Å². The van der Waals surface area contributed by atoms with E-state index in [2.05, 4.69) is 13.2 Å². The SMILES string of the molecule is C=Cc1ccc(COc2ccc(OCc3ccc(C=C)cc3)c(P3(=O)Oc4ccccc4-c4ccccc43)c2)cc1. The maximum absolute atomic E-state index is 15.1. The van der Waals surface area contributed by atoms with Crippen LogP contribution in [0.5, 0.6) is 17.2 Å². The van der Waals surface area contributed by atoms with Gasteiger partial charge in [-0.3, -0.25) is 4.57 Å². The van der Waals surface area contributed by atoms with Crippen molar-refractivity contribution in [3.63, 3.8) is 0 Å². The first-order chi connectivity index (χ1) is 20.1. The van der Waals surface area contributed by atoms with Crippen LogP contribution in [-0.4, -0.2) is 0 Å². The molecule has 0 spiro atoms. The highest BCUT2D eigenvalue weighted by Gasteiger charge is 2.40. The molecular weight excluding hydrogens is 527 g/mol. The smallest absolute Gasteiger partial charge is 0.311 e. The minimum atomic E-state index is -3.62. The summed E-state index contributed by atoms with van der Waals surface area (Å²) >= 11 is 0. The third kappa shape index (κ3) is 5.35. The van der Waals surface area contributed by atoms with Crippen LogP contribution in [0.2, 0.25) is 0 Å². The topological polar surface area (TPSA) is 44.8 Å². The molecule has 0 N–H and O–H groups in total. The van der Waals surface area contributed by atoms with Crippen LogP contribution in [-0.2, 0) is 17.8 Å². The predicted octanol–water partition coefficient (Wildman–Crippen LogP) is 8.42. The second kappa shape index (κ2) is 11.4. The lowest BCUT2D eigenvalue weighted by atomic mass is 10.0. The molecule has 0 aliphatic carbocycles. The molecule has 1 heterocycles. The molecule has 0 saturated carbocycles. The van der Waals surface area contributed by atoms with Crippen LogP contribution >= 0.6 is 7.37 Å². The molecule has 0 radical (unpaired) electrons. The third-order valence-electron chi connectivity index (χ3n) is 7.10. The Morgan fingerprint density at radius 3 is 1.88 bits per heavy atom. The van der Waals surface area contributed by atoms with Crippen molar-refractivity contribution in [1.29, 1.82) is 0 Å².